The number of benzene rings is 1. The molecule has 0 unspecified atom stereocenters. The van der Waals surface area contributed by atoms with Crippen molar-refractivity contribution in [2.24, 2.45) is 0 Å². The first kappa shape index (κ1) is 20.7. The van der Waals surface area contributed by atoms with Gasteiger partial charge in [0.25, 0.3) is 5.91 Å². The number of rotatable bonds is 8. The molecule has 0 atom stereocenters. The number of nitrogens with one attached hydrogen (secondary N) is 1. The Balaban J connectivity index is 1.79. The number of hydrogen-bond acceptors (Lipinski definition) is 5. The van der Waals surface area contributed by atoms with E-state index >= 15 is 0 Å². The standard InChI is InChI=1S/C18H30N4O3S/c1-4-22(26(3,24)25)17-8-6-16(7-9-17)18(23)19-10-5-11-21-14-12-20(2)13-15-21/h6-9H,4-5,10-15H2,1-3H3,(H,19,23). The van der Waals surface area contributed by atoms with Crippen LogP contribution in [-0.2, 0) is 10.0 Å². The van der Waals surface area contributed by atoms with Crippen LogP contribution >= 0.6 is 0 Å². The van der Waals surface area contributed by atoms with Crippen molar-refractivity contribution in [1.82, 2.24) is 15.1 Å². The lowest BCUT2D eigenvalue weighted by atomic mass is 10.2. The maximum absolute atomic E-state index is 12.2. The van der Waals surface area contributed by atoms with E-state index in [1.54, 1.807) is 31.2 Å². The lowest BCUT2D eigenvalue weighted by molar-refractivity contribution is 0.0949. The predicted octanol–water partition coefficient (Wildman–Crippen LogP) is 0.840. The SMILES string of the molecule is CCN(c1ccc(C(=O)NCCCN2CCN(C)CC2)cc1)S(C)(=O)=O. The van der Waals surface area contributed by atoms with Crippen LogP contribution < -0.4 is 9.62 Å². The van der Waals surface area contributed by atoms with E-state index in [2.05, 4.69) is 22.2 Å². The summed E-state index contributed by atoms with van der Waals surface area (Å²) in [5, 5.41) is 2.93. The van der Waals surface area contributed by atoms with E-state index in [0.717, 1.165) is 39.1 Å². The van der Waals surface area contributed by atoms with Gasteiger partial charge in [0.05, 0.1) is 11.9 Å². The maximum atomic E-state index is 12.2. The van der Waals surface area contributed by atoms with Crippen molar-refractivity contribution < 1.29 is 13.2 Å². The largest absolute Gasteiger partial charge is 0.352 e. The molecule has 1 heterocycles. The van der Waals surface area contributed by atoms with Gasteiger partial charge >= 0.3 is 0 Å². The molecular formula is C18H30N4O3S. The Bertz CT molecular complexity index is 683. The summed E-state index contributed by atoms with van der Waals surface area (Å²) >= 11 is 0. The summed E-state index contributed by atoms with van der Waals surface area (Å²) in [6, 6.07) is 6.67. The first-order valence-electron chi connectivity index (χ1n) is 9.08. The molecule has 1 aromatic rings. The average molecular weight is 383 g/mol. The third kappa shape index (κ3) is 5.96. The molecule has 1 aliphatic heterocycles. The molecule has 7 nitrogen and oxygen atoms in total. The van der Waals surface area contributed by atoms with Crippen LogP contribution in [0.25, 0.3) is 0 Å². The molecule has 0 saturated carbocycles. The minimum absolute atomic E-state index is 0.127. The van der Waals surface area contributed by atoms with E-state index in [9.17, 15) is 13.2 Å². The Morgan fingerprint density at radius 1 is 1.15 bits per heavy atom. The Morgan fingerprint density at radius 3 is 2.31 bits per heavy atom. The zero-order valence-corrected chi connectivity index (χ0v) is 16.8. The van der Waals surface area contributed by atoms with Gasteiger partial charge in [-0.25, -0.2) is 8.42 Å². The third-order valence-electron chi connectivity index (χ3n) is 4.64. The van der Waals surface area contributed by atoms with E-state index in [4.69, 9.17) is 0 Å². The van der Waals surface area contributed by atoms with Crippen LogP contribution in [-0.4, -0.2) is 83.2 Å². The molecule has 8 heteroatoms. The zero-order valence-electron chi connectivity index (χ0n) is 15.9. The number of sulfonamides is 1. The Morgan fingerprint density at radius 2 is 1.77 bits per heavy atom. The topological polar surface area (TPSA) is 73.0 Å². The Hall–Kier alpha value is -1.64. The predicted molar refractivity (Wildman–Crippen MR) is 105 cm³/mol. The maximum Gasteiger partial charge on any atom is 0.251 e. The zero-order chi connectivity index (χ0) is 19.2. The fraction of sp³-hybridized carbons (Fsp3) is 0.611. The van der Waals surface area contributed by atoms with Gasteiger partial charge in [0.2, 0.25) is 10.0 Å². The molecule has 0 radical (unpaired) electrons. The summed E-state index contributed by atoms with van der Waals surface area (Å²) in [6.45, 7) is 8.13. The van der Waals surface area contributed by atoms with Gasteiger partial charge in [-0.2, -0.15) is 0 Å². The highest BCUT2D eigenvalue weighted by atomic mass is 32.2. The highest BCUT2D eigenvalue weighted by Crippen LogP contribution is 2.18. The Labute approximate surface area is 157 Å². The summed E-state index contributed by atoms with van der Waals surface area (Å²) in [4.78, 5) is 17.0. The number of anilines is 1. The van der Waals surface area contributed by atoms with Crippen LogP contribution in [0.5, 0.6) is 0 Å². The summed E-state index contributed by atoms with van der Waals surface area (Å²) in [7, 11) is -1.17. The van der Waals surface area contributed by atoms with E-state index in [1.165, 1.54) is 10.6 Å². The molecule has 0 bridgehead atoms. The van der Waals surface area contributed by atoms with Crippen molar-refractivity contribution in [2.45, 2.75) is 13.3 Å². The van der Waals surface area contributed by atoms with Crippen LogP contribution in [0.1, 0.15) is 23.7 Å². The fourth-order valence-electron chi connectivity index (χ4n) is 3.07. The second-order valence-electron chi connectivity index (χ2n) is 6.73. The second-order valence-corrected chi connectivity index (χ2v) is 8.64. The number of hydrogen-bond donors (Lipinski definition) is 1. The van der Waals surface area contributed by atoms with E-state index in [1.807, 2.05) is 0 Å². The lowest BCUT2D eigenvalue weighted by Gasteiger charge is -2.32. The molecule has 1 saturated heterocycles. The van der Waals surface area contributed by atoms with Crippen molar-refractivity contribution in [3.8, 4) is 0 Å². The van der Waals surface area contributed by atoms with Gasteiger partial charge in [0.1, 0.15) is 0 Å². The van der Waals surface area contributed by atoms with Gasteiger partial charge in [-0.3, -0.25) is 9.10 Å². The van der Waals surface area contributed by atoms with Gasteiger partial charge < -0.3 is 15.1 Å². The number of amides is 1. The molecular weight excluding hydrogens is 352 g/mol. The number of carbonyl (C=O) groups excluding carboxylic acids is 1. The molecule has 1 fully saturated rings. The van der Waals surface area contributed by atoms with Crippen molar-refractivity contribution in [3.05, 3.63) is 29.8 Å². The quantitative estimate of drug-likeness (QED) is 0.675. The van der Waals surface area contributed by atoms with Crippen molar-refractivity contribution in [1.29, 1.82) is 0 Å². The van der Waals surface area contributed by atoms with Gasteiger partial charge in [0.15, 0.2) is 0 Å². The van der Waals surface area contributed by atoms with Crippen molar-refractivity contribution in [3.63, 3.8) is 0 Å². The van der Waals surface area contributed by atoms with Crippen LogP contribution in [0, 0.1) is 0 Å². The summed E-state index contributed by atoms with van der Waals surface area (Å²) < 4.78 is 24.8. The molecule has 1 aromatic carbocycles. The molecule has 146 valence electrons. The van der Waals surface area contributed by atoms with E-state index in [-0.39, 0.29) is 5.91 Å². The fourth-order valence-corrected chi connectivity index (χ4v) is 4.04. The van der Waals surface area contributed by atoms with Crippen LogP contribution in [0.15, 0.2) is 24.3 Å². The molecule has 26 heavy (non-hydrogen) atoms. The van der Waals surface area contributed by atoms with Gasteiger partial charge in [-0.15, -0.1) is 0 Å². The van der Waals surface area contributed by atoms with Gasteiger partial charge in [-0.05, 0) is 51.2 Å². The molecule has 2 rings (SSSR count). The first-order valence-corrected chi connectivity index (χ1v) is 10.9. The molecule has 1 amide bonds. The van der Waals surface area contributed by atoms with Crippen LogP contribution in [0.4, 0.5) is 5.69 Å². The molecule has 0 spiro atoms. The molecule has 1 aliphatic rings. The van der Waals surface area contributed by atoms with Crippen molar-refractivity contribution in [2.75, 3.05) is 63.4 Å². The van der Waals surface area contributed by atoms with Crippen LogP contribution in [0.2, 0.25) is 0 Å². The van der Waals surface area contributed by atoms with Crippen molar-refractivity contribution >= 4 is 21.6 Å². The number of likely N-dealkylation sites (N-methyl/N-ethyl adjacent to an activating group) is 1. The summed E-state index contributed by atoms with van der Waals surface area (Å²) in [6.07, 6.45) is 2.10. The van der Waals surface area contributed by atoms with E-state index < -0.39 is 10.0 Å². The summed E-state index contributed by atoms with van der Waals surface area (Å²) in [5.41, 5.74) is 1.11. The number of piperazine rings is 1. The number of nitrogens with zero attached hydrogens (tertiary/aromatic N) is 3. The average Bonchev–Trinajstić information content (AvgIpc) is 2.60. The minimum atomic E-state index is -3.31. The van der Waals surface area contributed by atoms with Gasteiger partial charge in [0, 0.05) is 44.8 Å². The monoisotopic (exact) mass is 382 g/mol. The smallest absolute Gasteiger partial charge is 0.251 e. The highest BCUT2D eigenvalue weighted by Gasteiger charge is 2.16. The first-order chi connectivity index (χ1) is 12.3. The minimum Gasteiger partial charge on any atom is -0.352 e. The second kappa shape index (κ2) is 9.34. The van der Waals surface area contributed by atoms with Crippen LogP contribution in [0.3, 0.4) is 0 Å². The summed E-state index contributed by atoms with van der Waals surface area (Å²) in [5.74, 6) is -0.127. The molecule has 1 N–H and O–H groups in total. The van der Waals surface area contributed by atoms with E-state index in [0.29, 0.717) is 24.3 Å². The normalized spacial score (nSPS) is 16.4. The molecule has 0 aliphatic carbocycles. The lowest BCUT2D eigenvalue weighted by Crippen LogP contribution is -2.45. The van der Waals surface area contributed by atoms with Gasteiger partial charge in [-0.1, -0.05) is 0 Å². The highest BCUT2D eigenvalue weighted by molar-refractivity contribution is 7.92. The molecule has 0 aromatic heterocycles. The Kier molecular flexibility index (Phi) is 7.43. The third-order valence-corrected chi connectivity index (χ3v) is 5.91. The number of carbonyl (C=O) groups is 1.